The molecule has 1 unspecified atom stereocenters. The van der Waals surface area contributed by atoms with Gasteiger partial charge < -0.3 is 4.74 Å². The maximum atomic E-state index is 12.1. The van der Waals surface area contributed by atoms with Crippen LogP contribution >= 0.6 is 23.2 Å². The molecule has 2 N–H and O–H groups in total. The average molecular weight is 382 g/mol. The van der Waals surface area contributed by atoms with Crippen LogP contribution in [0.4, 0.5) is 0 Å². The van der Waals surface area contributed by atoms with E-state index in [1.165, 1.54) is 12.1 Å². The van der Waals surface area contributed by atoms with Crippen LogP contribution in [0.3, 0.4) is 0 Å². The van der Waals surface area contributed by atoms with Crippen LogP contribution in [0.2, 0.25) is 10.2 Å². The molecule has 0 aliphatic rings. The zero-order valence-corrected chi connectivity index (χ0v) is 15.4. The van der Waals surface area contributed by atoms with Gasteiger partial charge in [-0.2, -0.15) is 0 Å². The van der Waals surface area contributed by atoms with Gasteiger partial charge in [0.2, 0.25) is 0 Å². The summed E-state index contributed by atoms with van der Waals surface area (Å²) in [5.74, 6) is -0.597. The van der Waals surface area contributed by atoms with E-state index in [0.717, 1.165) is 11.1 Å². The number of hydrogen-bond donors (Lipinski definition) is 2. The number of carbonyl (C=O) groups excluding carboxylic acids is 2. The van der Waals surface area contributed by atoms with Crippen LogP contribution in [-0.2, 0) is 4.79 Å². The summed E-state index contributed by atoms with van der Waals surface area (Å²) in [6.07, 6.45) is -0.816. The van der Waals surface area contributed by atoms with Gasteiger partial charge in [0.1, 0.15) is 16.6 Å². The quantitative estimate of drug-likeness (QED) is 0.629. The molecule has 6 nitrogen and oxygen atoms in total. The van der Waals surface area contributed by atoms with Crippen LogP contribution in [0.5, 0.6) is 5.75 Å². The molecule has 1 atom stereocenters. The topological polar surface area (TPSA) is 80.3 Å². The van der Waals surface area contributed by atoms with Crippen LogP contribution in [0.15, 0.2) is 30.3 Å². The standard InChI is InChI=1S/C17H17Cl2N3O3/c1-9-5-4-6-13(10(9)2)25-11(3)16(23)21-22-17(24)15-12(18)7-8-14(19)20-15/h4-8,11H,1-3H3,(H,21,23)(H,22,24). The normalized spacial score (nSPS) is 11.6. The summed E-state index contributed by atoms with van der Waals surface area (Å²) >= 11 is 11.6. The third-order valence-electron chi connectivity index (χ3n) is 3.55. The van der Waals surface area contributed by atoms with E-state index in [1.54, 1.807) is 13.0 Å². The van der Waals surface area contributed by atoms with Gasteiger partial charge in [-0.25, -0.2) is 4.98 Å². The van der Waals surface area contributed by atoms with E-state index in [9.17, 15) is 9.59 Å². The van der Waals surface area contributed by atoms with Crippen LogP contribution in [-0.4, -0.2) is 22.9 Å². The third-order valence-corrected chi connectivity index (χ3v) is 4.07. The van der Waals surface area contributed by atoms with E-state index in [-0.39, 0.29) is 15.9 Å². The van der Waals surface area contributed by atoms with Crippen molar-refractivity contribution in [1.82, 2.24) is 15.8 Å². The molecule has 2 aromatic rings. The van der Waals surface area contributed by atoms with Gasteiger partial charge in [0.25, 0.3) is 11.8 Å². The van der Waals surface area contributed by atoms with Crippen molar-refractivity contribution in [1.29, 1.82) is 0 Å². The zero-order valence-electron chi connectivity index (χ0n) is 13.9. The molecule has 1 aromatic heterocycles. The zero-order chi connectivity index (χ0) is 18.6. The Kier molecular flexibility index (Phi) is 6.22. The fourth-order valence-corrected chi connectivity index (χ4v) is 2.29. The Labute approximate surface area is 155 Å². The van der Waals surface area contributed by atoms with Crippen molar-refractivity contribution >= 4 is 35.0 Å². The molecule has 2 amide bonds. The molecule has 0 spiro atoms. The second-order valence-electron chi connectivity index (χ2n) is 5.37. The van der Waals surface area contributed by atoms with Crippen LogP contribution in [0.1, 0.15) is 28.5 Å². The molecule has 0 aliphatic carbocycles. The number of aryl methyl sites for hydroxylation is 1. The van der Waals surface area contributed by atoms with E-state index < -0.39 is 17.9 Å². The number of amides is 2. The summed E-state index contributed by atoms with van der Waals surface area (Å²) in [4.78, 5) is 28.0. The molecule has 1 heterocycles. The summed E-state index contributed by atoms with van der Waals surface area (Å²) < 4.78 is 5.64. The lowest BCUT2D eigenvalue weighted by molar-refractivity contribution is -0.128. The van der Waals surface area contributed by atoms with Gasteiger partial charge in [0, 0.05) is 0 Å². The number of halogens is 2. The maximum Gasteiger partial charge on any atom is 0.289 e. The van der Waals surface area contributed by atoms with Crippen LogP contribution < -0.4 is 15.6 Å². The van der Waals surface area contributed by atoms with Gasteiger partial charge in [-0.05, 0) is 50.1 Å². The van der Waals surface area contributed by atoms with E-state index in [2.05, 4.69) is 15.8 Å². The number of hydrogen-bond acceptors (Lipinski definition) is 4. The van der Waals surface area contributed by atoms with Crippen molar-refractivity contribution in [3.63, 3.8) is 0 Å². The Hall–Kier alpha value is -2.31. The Morgan fingerprint density at radius 3 is 2.56 bits per heavy atom. The molecule has 1 aromatic carbocycles. The molecule has 8 heteroatoms. The Morgan fingerprint density at radius 1 is 1.12 bits per heavy atom. The van der Waals surface area contributed by atoms with Crippen molar-refractivity contribution < 1.29 is 14.3 Å². The van der Waals surface area contributed by atoms with Crippen molar-refractivity contribution in [2.75, 3.05) is 0 Å². The summed E-state index contributed by atoms with van der Waals surface area (Å²) in [5.41, 5.74) is 6.43. The van der Waals surface area contributed by atoms with Gasteiger partial charge in [-0.1, -0.05) is 35.3 Å². The molecular weight excluding hydrogens is 365 g/mol. The molecule has 2 rings (SSSR count). The number of ether oxygens (including phenoxy) is 1. The smallest absolute Gasteiger partial charge is 0.289 e. The predicted molar refractivity (Wildman–Crippen MR) is 95.9 cm³/mol. The SMILES string of the molecule is Cc1cccc(OC(C)C(=O)NNC(=O)c2nc(Cl)ccc2Cl)c1C. The first kappa shape index (κ1) is 19.0. The minimum Gasteiger partial charge on any atom is -0.481 e. The number of benzene rings is 1. The minimum absolute atomic E-state index is 0.0856. The summed E-state index contributed by atoms with van der Waals surface area (Å²) in [5, 5.41) is 0.239. The summed E-state index contributed by atoms with van der Waals surface area (Å²) in [6.45, 7) is 5.44. The number of hydrazine groups is 1. The summed E-state index contributed by atoms with van der Waals surface area (Å²) in [6, 6.07) is 8.48. The highest BCUT2D eigenvalue weighted by Crippen LogP contribution is 2.21. The highest BCUT2D eigenvalue weighted by molar-refractivity contribution is 6.34. The first-order valence-electron chi connectivity index (χ1n) is 7.44. The number of carbonyl (C=O) groups is 2. The molecule has 0 radical (unpaired) electrons. The molecule has 0 saturated carbocycles. The lowest BCUT2D eigenvalue weighted by Crippen LogP contribution is -2.47. The fraction of sp³-hybridized carbons (Fsp3) is 0.235. The number of nitrogens with zero attached hydrogens (tertiary/aromatic N) is 1. The minimum atomic E-state index is -0.816. The van der Waals surface area contributed by atoms with Crippen molar-refractivity contribution in [3.8, 4) is 5.75 Å². The first-order chi connectivity index (χ1) is 11.8. The van der Waals surface area contributed by atoms with Gasteiger partial charge in [0.15, 0.2) is 6.10 Å². The van der Waals surface area contributed by atoms with Crippen molar-refractivity contribution in [2.45, 2.75) is 26.9 Å². The fourth-order valence-electron chi connectivity index (χ4n) is 1.95. The molecule has 132 valence electrons. The lowest BCUT2D eigenvalue weighted by Gasteiger charge is -2.17. The van der Waals surface area contributed by atoms with E-state index in [4.69, 9.17) is 27.9 Å². The van der Waals surface area contributed by atoms with Gasteiger partial charge in [-0.3, -0.25) is 20.4 Å². The van der Waals surface area contributed by atoms with E-state index in [0.29, 0.717) is 5.75 Å². The number of nitrogens with one attached hydrogen (secondary N) is 2. The molecule has 0 fully saturated rings. The maximum absolute atomic E-state index is 12.1. The van der Waals surface area contributed by atoms with Gasteiger partial charge in [-0.15, -0.1) is 0 Å². The average Bonchev–Trinajstić information content (AvgIpc) is 2.58. The summed E-state index contributed by atoms with van der Waals surface area (Å²) in [7, 11) is 0. The Balaban J connectivity index is 1.96. The van der Waals surface area contributed by atoms with Gasteiger partial charge in [0.05, 0.1) is 5.02 Å². The second-order valence-corrected chi connectivity index (χ2v) is 6.16. The monoisotopic (exact) mass is 381 g/mol. The van der Waals surface area contributed by atoms with Crippen molar-refractivity contribution in [3.05, 3.63) is 57.3 Å². The molecule has 0 bridgehead atoms. The highest BCUT2D eigenvalue weighted by Gasteiger charge is 2.18. The number of rotatable bonds is 4. The lowest BCUT2D eigenvalue weighted by atomic mass is 10.1. The highest BCUT2D eigenvalue weighted by atomic mass is 35.5. The third kappa shape index (κ3) is 4.84. The number of aromatic nitrogens is 1. The van der Waals surface area contributed by atoms with Crippen LogP contribution in [0, 0.1) is 13.8 Å². The largest absolute Gasteiger partial charge is 0.481 e. The number of pyridine rings is 1. The molecule has 25 heavy (non-hydrogen) atoms. The predicted octanol–water partition coefficient (Wildman–Crippen LogP) is 3.23. The van der Waals surface area contributed by atoms with Crippen LogP contribution in [0.25, 0.3) is 0 Å². The first-order valence-corrected chi connectivity index (χ1v) is 8.20. The van der Waals surface area contributed by atoms with Gasteiger partial charge >= 0.3 is 0 Å². The van der Waals surface area contributed by atoms with E-state index in [1.807, 2.05) is 26.0 Å². The second kappa shape index (κ2) is 8.18. The van der Waals surface area contributed by atoms with E-state index >= 15 is 0 Å². The molecular formula is C17H17Cl2N3O3. The Morgan fingerprint density at radius 2 is 1.84 bits per heavy atom. The molecule has 0 saturated heterocycles. The van der Waals surface area contributed by atoms with Crippen molar-refractivity contribution in [2.24, 2.45) is 0 Å². The Bertz CT molecular complexity index is 812. The molecule has 0 aliphatic heterocycles.